The summed E-state index contributed by atoms with van der Waals surface area (Å²) in [5, 5.41) is 12.6. The molecule has 1 atom stereocenters. The molecule has 1 unspecified atom stereocenters. The number of nitrogens with zero attached hydrogens (tertiary/aromatic N) is 1. The molecule has 0 fully saturated rings. The van der Waals surface area contributed by atoms with Crippen LogP contribution in [0, 0.1) is 21.7 Å². The zero-order valence-electron chi connectivity index (χ0n) is 9.73. The number of benzene rings is 1. The number of nitro benzene ring substituents is 1. The number of nitro groups is 1. The summed E-state index contributed by atoms with van der Waals surface area (Å²) < 4.78 is 26.4. The lowest BCUT2D eigenvalue weighted by Crippen LogP contribution is -2.35. The molecule has 6 nitrogen and oxygen atoms in total. The molecule has 1 amide bonds. The van der Waals surface area contributed by atoms with Gasteiger partial charge in [-0.2, -0.15) is 4.39 Å². The molecule has 1 aromatic carbocycles. The molecular formula is C11H11F2N3O3. The minimum atomic E-state index is -1.32. The Morgan fingerprint density at radius 2 is 2.16 bits per heavy atom. The SMILES string of the molecule is C=CCC(N)C(=O)Nc1cc([N+](=O)[O-])c(F)cc1F. The largest absolute Gasteiger partial charge is 0.322 e. The Bertz CT molecular complexity index is 534. The minimum absolute atomic E-state index is 0.150. The highest BCUT2D eigenvalue weighted by atomic mass is 19.1. The predicted molar refractivity (Wildman–Crippen MR) is 64.4 cm³/mol. The Morgan fingerprint density at radius 3 is 2.68 bits per heavy atom. The number of anilines is 1. The van der Waals surface area contributed by atoms with Crippen LogP contribution in [0.25, 0.3) is 0 Å². The Kier molecular flexibility index (Phi) is 4.65. The Balaban J connectivity index is 3.01. The van der Waals surface area contributed by atoms with Crippen LogP contribution in [-0.2, 0) is 4.79 Å². The van der Waals surface area contributed by atoms with Crippen molar-refractivity contribution < 1.29 is 18.5 Å². The molecular weight excluding hydrogens is 260 g/mol. The average Bonchev–Trinajstić information content (AvgIpc) is 2.32. The normalized spacial score (nSPS) is 11.7. The molecule has 0 bridgehead atoms. The number of amides is 1. The second kappa shape index (κ2) is 6.01. The Morgan fingerprint density at radius 1 is 1.53 bits per heavy atom. The molecule has 0 aliphatic carbocycles. The number of hydrogen-bond donors (Lipinski definition) is 2. The van der Waals surface area contributed by atoms with E-state index >= 15 is 0 Å². The number of rotatable bonds is 5. The van der Waals surface area contributed by atoms with Gasteiger partial charge in [0.15, 0.2) is 0 Å². The van der Waals surface area contributed by atoms with Gasteiger partial charge in [-0.3, -0.25) is 14.9 Å². The van der Waals surface area contributed by atoms with E-state index in [4.69, 9.17) is 5.73 Å². The van der Waals surface area contributed by atoms with Crippen LogP contribution in [0.5, 0.6) is 0 Å². The molecule has 0 aliphatic heterocycles. The maximum Gasteiger partial charge on any atom is 0.307 e. The van der Waals surface area contributed by atoms with Crippen molar-refractivity contribution in [1.82, 2.24) is 0 Å². The third-order valence-electron chi connectivity index (χ3n) is 2.25. The molecule has 0 heterocycles. The van der Waals surface area contributed by atoms with Gasteiger partial charge in [-0.25, -0.2) is 4.39 Å². The summed E-state index contributed by atoms with van der Waals surface area (Å²) in [7, 11) is 0. The molecule has 1 aromatic rings. The summed E-state index contributed by atoms with van der Waals surface area (Å²) in [4.78, 5) is 21.0. The molecule has 1 rings (SSSR count). The van der Waals surface area contributed by atoms with Gasteiger partial charge in [0.2, 0.25) is 11.7 Å². The van der Waals surface area contributed by atoms with Crippen LogP contribution in [0.1, 0.15) is 6.42 Å². The van der Waals surface area contributed by atoms with Gasteiger partial charge in [0.25, 0.3) is 0 Å². The first-order chi connectivity index (χ1) is 8.86. The van der Waals surface area contributed by atoms with Gasteiger partial charge in [-0.15, -0.1) is 6.58 Å². The van der Waals surface area contributed by atoms with Crippen LogP contribution in [-0.4, -0.2) is 16.9 Å². The van der Waals surface area contributed by atoms with Gasteiger partial charge in [-0.1, -0.05) is 6.08 Å². The number of nitrogens with two attached hydrogens (primary N) is 1. The summed E-state index contributed by atoms with van der Waals surface area (Å²) in [6.45, 7) is 3.38. The van der Waals surface area contributed by atoms with Crippen LogP contribution >= 0.6 is 0 Å². The van der Waals surface area contributed by atoms with E-state index in [1.54, 1.807) is 0 Å². The standard InChI is InChI=1S/C11H11F2N3O3/c1-2-3-8(14)11(17)15-9-5-10(16(18)19)7(13)4-6(9)12/h2,4-5,8H,1,3,14H2,(H,15,17). The summed E-state index contributed by atoms with van der Waals surface area (Å²) in [6.07, 6.45) is 1.55. The van der Waals surface area contributed by atoms with E-state index in [9.17, 15) is 23.7 Å². The second-order valence-corrected chi connectivity index (χ2v) is 3.66. The summed E-state index contributed by atoms with van der Waals surface area (Å²) in [5.41, 5.74) is 4.00. The third kappa shape index (κ3) is 3.55. The van der Waals surface area contributed by atoms with E-state index in [0.29, 0.717) is 12.1 Å². The van der Waals surface area contributed by atoms with Crippen LogP contribution in [0.3, 0.4) is 0 Å². The number of hydrogen-bond acceptors (Lipinski definition) is 4. The van der Waals surface area contributed by atoms with Crippen LogP contribution < -0.4 is 11.1 Å². The lowest BCUT2D eigenvalue weighted by atomic mass is 10.2. The van der Waals surface area contributed by atoms with E-state index in [1.807, 2.05) is 0 Å². The van der Waals surface area contributed by atoms with Crippen molar-refractivity contribution in [2.24, 2.45) is 5.73 Å². The van der Waals surface area contributed by atoms with Gasteiger partial charge in [0.1, 0.15) is 5.82 Å². The maximum absolute atomic E-state index is 13.4. The highest BCUT2D eigenvalue weighted by Crippen LogP contribution is 2.25. The summed E-state index contributed by atoms with van der Waals surface area (Å²) in [5.74, 6) is -3.20. The van der Waals surface area contributed by atoms with E-state index in [-0.39, 0.29) is 6.42 Å². The van der Waals surface area contributed by atoms with Crippen molar-refractivity contribution in [2.45, 2.75) is 12.5 Å². The van der Waals surface area contributed by atoms with Crippen LogP contribution in [0.4, 0.5) is 20.2 Å². The van der Waals surface area contributed by atoms with Crippen molar-refractivity contribution in [2.75, 3.05) is 5.32 Å². The topological polar surface area (TPSA) is 98.3 Å². The van der Waals surface area contributed by atoms with Gasteiger partial charge in [0, 0.05) is 12.1 Å². The van der Waals surface area contributed by atoms with Crippen molar-refractivity contribution in [3.8, 4) is 0 Å². The number of halogens is 2. The first kappa shape index (κ1) is 14.7. The molecule has 0 aromatic heterocycles. The van der Waals surface area contributed by atoms with Crippen LogP contribution in [0.15, 0.2) is 24.8 Å². The Hall–Kier alpha value is -2.35. The van der Waals surface area contributed by atoms with Gasteiger partial charge >= 0.3 is 5.69 Å². The first-order valence-electron chi connectivity index (χ1n) is 5.17. The molecule has 0 radical (unpaired) electrons. The molecule has 0 saturated heterocycles. The fourth-order valence-corrected chi connectivity index (χ4v) is 1.29. The lowest BCUT2D eigenvalue weighted by Gasteiger charge is -2.11. The van der Waals surface area contributed by atoms with E-state index in [2.05, 4.69) is 11.9 Å². The number of nitrogens with one attached hydrogen (secondary N) is 1. The average molecular weight is 271 g/mol. The van der Waals surface area contributed by atoms with E-state index in [1.165, 1.54) is 6.08 Å². The molecule has 0 saturated carbocycles. The quantitative estimate of drug-likeness (QED) is 0.484. The van der Waals surface area contributed by atoms with Gasteiger partial charge < -0.3 is 11.1 Å². The second-order valence-electron chi connectivity index (χ2n) is 3.66. The van der Waals surface area contributed by atoms with Crippen molar-refractivity contribution in [3.05, 3.63) is 46.5 Å². The first-order valence-corrected chi connectivity index (χ1v) is 5.17. The zero-order valence-corrected chi connectivity index (χ0v) is 9.73. The van der Waals surface area contributed by atoms with Crippen molar-refractivity contribution in [1.29, 1.82) is 0 Å². The molecule has 0 aliphatic rings. The maximum atomic E-state index is 13.4. The minimum Gasteiger partial charge on any atom is -0.322 e. The number of carbonyl (C=O) groups excluding carboxylic acids is 1. The highest BCUT2D eigenvalue weighted by molar-refractivity contribution is 5.95. The number of carbonyl (C=O) groups is 1. The summed E-state index contributed by atoms with van der Waals surface area (Å²) in [6, 6.07) is -0.0447. The lowest BCUT2D eigenvalue weighted by molar-refractivity contribution is -0.387. The van der Waals surface area contributed by atoms with E-state index < -0.39 is 39.9 Å². The molecule has 0 spiro atoms. The molecule has 19 heavy (non-hydrogen) atoms. The molecule has 3 N–H and O–H groups in total. The predicted octanol–water partition coefficient (Wildman–Crippen LogP) is 1.71. The smallest absolute Gasteiger partial charge is 0.307 e. The van der Waals surface area contributed by atoms with Gasteiger partial charge in [-0.05, 0) is 6.42 Å². The summed E-state index contributed by atoms with van der Waals surface area (Å²) >= 11 is 0. The monoisotopic (exact) mass is 271 g/mol. The fraction of sp³-hybridized carbons (Fsp3) is 0.182. The van der Waals surface area contributed by atoms with E-state index in [0.717, 1.165) is 0 Å². The molecule has 102 valence electrons. The molecule has 8 heteroatoms. The van der Waals surface area contributed by atoms with Crippen molar-refractivity contribution in [3.63, 3.8) is 0 Å². The van der Waals surface area contributed by atoms with Crippen molar-refractivity contribution >= 4 is 17.3 Å². The Labute approximate surface area is 107 Å². The van der Waals surface area contributed by atoms with Gasteiger partial charge in [0.05, 0.1) is 16.7 Å². The highest BCUT2D eigenvalue weighted by Gasteiger charge is 2.21. The fourth-order valence-electron chi connectivity index (χ4n) is 1.29. The zero-order chi connectivity index (χ0) is 14.6. The van der Waals surface area contributed by atoms with Crippen LogP contribution in [0.2, 0.25) is 0 Å². The third-order valence-corrected chi connectivity index (χ3v) is 2.25.